The molecule has 90 valence electrons. The molecule has 2 nitrogen and oxygen atoms in total. The minimum atomic E-state index is 0. The fraction of sp³-hybridized carbons (Fsp3) is 0.133. The molecule has 3 heteroatoms. The predicted octanol–water partition coefficient (Wildman–Crippen LogP) is 3.00. The van der Waals surface area contributed by atoms with Crippen LogP contribution in [0.4, 0.5) is 0 Å². The molecule has 0 bridgehead atoms. The molecule has 0 amide bonds. The third kappa shape index (κ3) is 2.68. The molecule has 0 aliphatic carbocycles. The van der Waals surface area contributed by atoms with Gasteiger partial charge in [-0.15, -0.1) is 30.3 Å². The van der Waals surface area contributed by atoms with Crippen molar-refractivity contribution in [1.82, 2.24) is 0 Å². The zero-order chi connectivity index (χ0) is 11.5. The largest absolute Gasteiger partial charge is 2.00 e. The van der Waals surface area contributed by atoms with E-state index in [0.717, 1.165) is 5.56 Å². The van der Waals surface area contributed by atoms with E-state index in [1.165, 1.54) is 5.56 Å². The normalized spacial score (nSPS) is 17.6. The molecule has 0 spiro atoms. The van der Waals surface area contributed by atoms with E-state index >= 15 is 0 Å². The van der Waals surface area contributed by atoms with E-state index in [2.05, 4.69) is 23.2 Å². The Bertz CT molecular complexity index is 525. The van der Waals surface area contributed by atoms with Gasteiger partial charge in [0.25, 0.3) is 0 Å². The van der Waals surface area contributed by atoms with Gasteiger partial charge in [0.1, 0.15) is 18.5 Å². The fourth-order valence-corrected chi connectivity index (χ4v) is 1.89. The monoisotopic (exact) mass is 324 g/mol. The predicted molar refractivity (Wildman–Crippen MR) is 67.0 cm³/mol. The molecule has 0 saturated heterocycles. The summed E-state index contributed by atoms with van der Waals surface area (Å²) in [5, 5.41) is 0. The van der Waals surface area contributed by atoms with E-state index in [4.69, 9.17) is 4.74 Å². The van der Waals surface area contributed by atoms with Gasteiger partial charge in [0.2, 0.25) is 0 Å². The number of ether oxygens (including phenoxy) is 1. The zero-order valence-electron chi connectivity index (χ0n) is 9.69. The number of rotatable bonds is 2. The van der Waals surface area contributed by atoms with Crippen molar-refractivity contribution in [3.05, 3.63) is 71.8 Å². The number of hydrogen-bond donors (Lipinski definition) is 0. The second-order valence-electron chi connectivity index (χ2n) is 3.95. The fourth-order valence-electron chi connectivity index (χ4n) is 1.89. The molecule has 18 heavy (non-hydrogen) atoms. The Kier molecular flexibility index (Phi) is 4.27. The van der Waals surface area contributed by atoms with Crippen molar-refractivity contribution in [3.63, 3.8) is 0 Å². The smallest absolute Gasteiger partial charge is 0.518 e. The molecule has 1 heterocycles. The van der Waals surface area contributed by atoms with E-state index in [0.29, 0.717) is 12.5 Å². The van der Waals surface area contributed by atoms with Crippen molar-refractivity contribution in [2.45, 2.75) is 6.04 Å². The molecule has 2 aromatic rings. The van der Waals surface area contributed by atoms with Gasteiger partial charge in [0, 0.05) is 0 Å². The molecule has 0 aromatic heterocycles. The zero-order valence-corrected chi connectivity index (χ0v) is 11.4. The number of benzene rings is 2. The summed E-state index contributed by atoms with van der Waals surface area (Å²) >= 11 is 0. The molecular formula is C15H12NORu+. The van der Waals surface area contributed by atoms with E-state index in [-0.39, 0.29) is 25.5 Å². The van der Waals surface area contributed by atoms with Crippen LogP contribution in [0, 0.1) is 6.07 Å². The van der Waals surface area contributed by atoms with Crippen molar-refractivity contribution in [3.8, 4) is 0 Å². The van der Waals surface area contributed by atoms with Gasteiger partial charge in [-0.1, -0.05) is 35.9 Å². The first-order chi connectivity index (χ1) is 8.43. The van der Waals surface area contributed by atoms with Crippen molar-refractivity contribution >= 4 is 5.90 Å². The molecule has 0 saturated carbocycles. The summed E-state index contributed by atoms with van der Waals surface area (Å²) in [6.07, 6.45) is 0. The molecule has 0 N–H and O–H groups in total. The average molecular weight is 323 g/mol. The summed E-state index contributed by atoms with van der Waals surface area (Å²) in [6.45, 7) is 0.613. The molecule has 1 aliphatic rings. The first-order valence-electron chi connectivity index (χ1n) is 5.66. The molecule has 3 rings (SSSR count). The number of hydrogen-bond acceptors (Lipinski definition) is 2. The van der Waals surface area contributed by atoms with E-state index < -0.39 is 0 Å². The second kappa shape index (κ2) is 5.92. The van der Waals surface area contributed by atoms with Gasteiger partial charge in [0.05, 0.1) is 0 Å². The summed E-state index contributed by atoms with van der Waals surface area (Å²) in [6, 6.07) is 21.2. The van der Waals surface area contributed by atoms with E-state index in [1.807, 2.05) is 42.5 Å². The molecular weight excluding hydrogens is 311 g/mol. The minimum Gasteiger partial charge on any atom is -0.518 e. The third-order valence-corrected chi connectivity index (χ3v) is 2.77. The van der Waals surface area contributed by atoms with Crippen LogP contribution in [0.15, 0.2) is 59.6 Å². The van der Waals surface area contributed by atoms with E-state index in [9.17, 15) is 0 Å². The van der Waals surface area contributed by atoms with Crippen LogP contribution in [0.1, 0.15) is 17.2 Å². The quantitative estimate of drug-likeness (QED) is 0.615. The minimum absolute atomic E-state index is 0. The topological polar surface area (TPSA) is 21.6 Å². The maximum absolute atomic E-state index is 5.62. The van der Waals surface area contributed by atoms with Crippen molar-refractivity contribution in [1.29, 1.82) is 0 Å². The molecule has 0 fully saturated rings. The summed E-state index contributed by atoms with van der Waals surface area (Å²) in [7, 11) is 0. The molecule has 0 radical (unpaired) electrons. The Morgan fingerprint density at radius 3 is 2.56 bits per heavy atom. The SMILES string of the molecule is [Ru+2].[c-]1ccccc1C1=N[C@@H](c2ccccc2)CO1. The Balaban J connectivity index is 0.00000120. The van der Waals surface area contributed by atoms with Crippen molar-refractivity contribution < 1.29 is 24.2 Å². The van der Waals surface area contributed by atoms with Crippen LogP contribution in [0.5, 0.6) is 0 Å². The summed E-state index contributed by atoms with van der Waals surface area (Å²) in [5.74, 6) is 0.694. The molecule has 1 aliphatic heterocycles. The maximum Gasteiger partial charge on any atom is 2.00 e. The van der Waals surface area contributed by atoms with Crippen LogP contribution in [-0.4, -0.2) is 12.5 Å². The second-order valence-corrected chi connectivity index (χ2v) is 3.95. The van der Waals surface area contributed by atoms with E-state index in [1.54, 1.807) is 0 Å². The van der Waals surface area contributed by atoms with Crippen LogP contribution >= 0.6 is 0 Å². The average Bonchev–Trinajstić information content (AvgIpc) is 2.90. The van der Waals surface area contributed by atoms with Gasteiger partial charge < -0.3 is 4.74 Å². The Labute approximate surface area is 119 Å². The number of nitrogens with zero attached hydrogens (tertiary/aromatic N) is 1. The molecule has 1 atom stereocenters. The standard InChI is InChI=1S/C15H12NO.Ru/c1-3-7-12(8-4-1)14-11-17-15(16-14)13-9-5-2-6-10-13;/h1-9,14H,11H2;/q-1;+2/t14-;/m1./s1. The summed E-state index contributed by atoms with van der Waals surface area (Å²) < 4.78 is 5.62. The first kappa shape index (κ1) is 13.0. The maximum atomic E-state index is 5.62. The van der Waals surface area contributed by atoms with Gasteiger partial charge in [-0.25, -0.2) is 0 Å². The van der Waals surface area contributed by atoms with Gasteiger partial charge in [0.15, 0.2) is 0 Å². The summed E-state index contributed by atoms with van der Waals surface area (Å²) in [4.78, 5) is 4.59. The van der Waals surface area contributed by atoms with Crippen LogP contribution in [0.2, 0.25) is 0 Å². The number of aliphatic imine (C=N–C) groups is 1. The van der Waals surface area contributed by atoms with Gasteiger partial charge >= 0.3 is 19.5 Å². The first-order valence-corrected chi connectivity index (χ1v) is 5.66. The van der Waals surface area contributed by atoms with Crippen LogP contribution in [0.3, 0.4) is 0 Å². The van der Waals surface area contributed by atoms with Crippen molar-refractivity contribution in [2.75, 3.05) is 6.61 Å². The Morgan fingerprint density at radius 1 is 1.06 bits per heavy atom. The van der Waals surface area contributed by atoms with Crippen LogP contribution in [0.25, 0.3) is 0 Å². The van der Waals surface area contributed by atoms with Gasteiger partial charge in [-0.2, -0.15) is 0 Å². The third-order valence-electron chi connectivity index (χ3n) is 2.77. The van der Waals surface area contributed by atoms with Crippen LogP contribution in [-0.2, 0) is 24.2 Å². The van der Waals surface area contributed by atoms with Gasteiger partial charge in [-0.05, 0) is 5.56 Å². The molecule has 2 aromatic carbocycles. The van der Waals surface area contributed by atoms with Crippen LogP contribution < -0.4 is 0 Å². The Hall–Kier alpha value is -1.47. The van der Waals surface area contributed by atoms with Crippen molar-refractivity contribution in [2.24, 2.45) is 4.99 Å². The van der Waals surface area contributed by atoms with Gasteiger partial charge in [-0.3, -0.25) is 4.99 Å². The summed E-state index contributed by atoms with van der Waals surface area (Å²) in [5.41, 5.74) is 2.12. The molecule has 0 unspecified atom stereocenters. The Morgan fingerprint density at radius 2 is 1.83 bits per heavy atom.